The molecule has 166 valence electrons. The monoisotopic (exact) mass is 422 g/mol. The minimum atomic E-state index is -0.0102. The molecular formula is C25H34N4O2. The number of carbonyl (C=O) groups is 1. The molecule has 6 nitrogen and oxygen atoms in total. The predicted octanol–water partition coefficient (Wildman–Crippen LogP) is 5.29. The maximum Gasteiger partial charge on any atom is 0.264 e. The van der Waals surface area contributed by atoms with Crippen LogP contribution in [0.3, 0.4) is 0 Å². The first-order valence-corrected chi connectivity index (χ1v) is 12.0. The molecule has 2 aromatic rings. The molecule has 0 bridgehead atoms. The van der Waals surface area contributed by atoms with Crippen molar-refractivity contribution in [3.8, 4) is 5.75 Å². The third kappa shape index (κ3) is 3.17. The van der Waals surface area contributed by atoms with Crippen molar-refractivity contribution in [2.45, 2.75) is 89.1 Å². The molecule has 2 aliphatic carbocycles. The Bertz CT molecular complexity index is 960. The third-order valence-corrected chi connectivity index (χ3v) is 7.79. The van der Waals surface area contributed by atoms with Gasteiger partial charge in [0.25, 0.3) is 5.91 Å². The van der Waals surface area contributed by atoms with E-state index in [1.807, 2.05) is 29.2 Å². The van der Waals surface area contributed by atoms with Crippen molar-refractivity contribution in [3.05, 3.63) is 35.7 Å². The molecule has 0 N–H and O–H groups in total. The Morgan fingerprint density at radius 2 is 1.84 bits per heavy atom. The van der Waals surface area contributed by atoms with E-state index >= 15 is 0 Å². The summed E-state index contributed by atoms with van der Waals surface area (Å²) in [5, 5.41) is 5.07. The SMILES string of the molecule is COc1ccccc1C(=O)N1c2nc(C(C)C)nn2C2(CCCCC2)C2CCCCC21. The van der Waals surface area contributed by atoms with E-state index < -0.39 is 0 Å². The lowest BCUT2D eigenvalue weighted by atomic mass is 9.64. The van der Waals surface area contributed by atoms with Crippen LogP contribution in [0.25, 0.3) is 0 Å². The predicted molar refractivity (Wildman–Crippen MR) is 121 cm³/mol. The number of fused-ring (bicyclic) bond motifs is 4. The Hall–Kier alpha value is -2.37. The number of hydrogen-bond donors (Lipinski definition) is 0. The highest BCUT2D eigenvalue weighted by atomic mass is 16.5. The summed E-state index contributed by atoms with van der Waals surface area (Å²) in [5.74, 6) is 2.87. The van der Waals surface area contributed by atoms with Crippen LogP contribution in [0, 0.1) is 5.92 Å². The maximum atomic E-state index is 14.0. The van der Waals surface area contributed by atoms with Crippen LogP contribution in [-0.4, -0.2) is 33.8 Å². The number of aromatic nitrogens is 3. The van der Waals surface area contributed by atoms with E-state index in [0.29, 0.717) is 17.2 Å². The highest BCUT2D eigenvalue weighted by Gasteiger charge is 2.55. The molecule has 5 rings (SSSR count). The molecule has 0 radical (unpaired) electrons. The van der Waals surface area contributed by atoms with Gasteiger partial charge in [0.2, 0.25) is 5.95 Å². The van der Waals surface area contributed by atoms with Crippen molar-refractivity contribution >= 4 is 11.9 Å². The van der Waals surface area contributed by atoms with Gasteiger partial charge in [0.15, 0.2) is 5.82 Å². The number of para-hydroxylation sites is 1. The van der Waals surface area contributed by atoms with Gasteiger partial charge in [-0.3, -0.25) is 9.69 Å². The van der Waals surface area contributed by atoms with Crippen LogP contribution in [0.4, 0.5) is 5.95 Å². The lowest BCUT2D eigenvalue weighted by Crippen LogP contribution is -2.61. The van der Waals surface area contributed by atoms with Gasteiger partial charge >= 0.3 is 0 Å². The van der Waals surface area contributed by atoms with Crippen LogP contribution in [0.5, 0.6) is 5.75 Å². The molecule has 2 saturated carbocycles. The van der Waals surface area contributed by atoms with E-state index in [0.717, 1.165) is 43.9 Å². The summed E-state index contributed by atoms with van der Waals surface area (Å²) >= 11 is 0. The zero-order valence-electron chi connectivity index (χ0n) is 19.0. The summed E-state index contributed by atoms with van der Waals surface area (Å²) in [6.45, 7) is 4.27. The molecule has 2 fully saturated rings. The molecule has 6 heteroatoms. The first-order valence-electron chi connectivity index (χ1n) is 12.0. The zero-order chi connectivity index (χ0) is 21.6. The van der Waals surface area contributed by atoms with Gasteiger partial charge in [-0.05, 0) is 37.8 Å². The summed E-state index contributed by atoms with van der Waals surface area (Å²) in [4.78, 5) is 21.0. The molecule has 1 aromatic carbocycles. The van der Waals surface area contributed by atoms with Crippen LogP contribution in [0.1, 0.15) is 93.7 Å². The fourth-order valence-electron chi connectivity index (χ4n) is 6.31. The third-order valence-electron chi connectivity index (χ3n) is 7.79. The number of rotatable bonds is 3. The van der Waals surface area contributed by atoms with Crippen molar-refractivity contribution in [3.63, 3.8) is 0 Å². The van der Waals surface area contributed by atoms with Crippen molar-refractivity contribution in [2.24, 2.45) is 5.92 Å². The normalized spacial score (nSPS) is 24.7. The number of benzene rings is 1. The van der Waals surface area contributed by atoms with Crippen LogP contribution >= 0.6 is 0 Å². The lowest BCUT2D eigenvalue weighted by Gasteiger charge is -2.55. The Labute approximate surface area is 185 Å². The highest BCUT2D eigenvalue weighted by Crippen LogP contribution is 2.53. The van der Waals surface area contributed by atoms with E-state index in [1.165, 1.54) is 25.7 Å². The Balaban J connectivity index is 1.69. The number of carbonyl (C=O) groups excluding carboxylic acids is 1. The van der Waals surface area contributed by atoms with Gasteiger partial charge in [-0.15, -0.1) is 0 Å². The van der Waals surface area contributed by atoms with Gasteiger partial charge < -0.3 is 4.74 Å². The molecule has 1 spiro atoms. The van der Waals surface area contributed by atoms with Gasteiger partial charge in [-0.1, -0.05) is 58.1 Å². The maximum absolute atomic E-state index is 14.0. The second-order valence-electron chi connectivity index (χ2n) is 9.83. The Morgan fingerprint density at radius 3 is 2.58 bits per heavy atom. The second-order valence-corrected chi connectivity index (χ2v) is 9.83. The number of methoxy groups -OCH3 is 1. The first-order chi connectivity index (χ1) is 15.1. The molecule has 2 unspecified atom stereocenters. The van der Waals surface area contributed by atoms with Gasteiger partial charge in [0.05, 0.1) is 18.2 Å². The molecule has 1 aliphatic heterocycles. The highest BCUT2D eigenvalue weighted by molar-refractivity contribution is 6.07. The minimum absolute atomic E-state index is 0.0102. The van der Waals surface area contributed by atoms with Crippen LogP contribution in [-0.2, 0) is 5.54 Å². The fraction of sp³-hybridized carbons (Fsp3) is 0.640. The van der Waals surface area contributed by atoms with Crippen LogP contribution < -0.4 is 9.64 Å². The van der Waals surface area contributed by atoms with E-state index in [2.05, 4.69) is 18.5 Å². The Kier molecular flexibility index (Phi) is 5.27. The molecule has 2 heterocycles. The summed E-state index contributed by atoms with van der Waals surface area (Å²) in [5.41, 5.74) is 0.616. The standard InChI is InChI=1S/C25H34N4O2/c1-17(2)22-26-24-28(23(30)18-11-5-8-14-21(18)31-3)20-13-7-6-12-19(20)25(29(24)27-22)15-9-4-10-16-25/h5,8,11,14,17,19-20H,4,6-7,9-10,12-13,15-16H2,1-3H3. The molecule has 1 aromatic heterocycles. The topological polar surface area (TPSA) is 60.2 Å². The van der Waals surface area contributed by atoms with Crippen molar-refractivity contribution in [2.75, 3.05) is 12.0 Å². The summed E-state index contributed by atoms with van der Waals surface area (Å²) in [6, 6.07) is 7.73. The van der Waals surface area contributed by atoms with Crippen LogP contribution in [0.15, 0.2) is 24.3 Å². The molecule has 0 saturated heterocycles. The van der Waals surface area contributed by atoms with Crippen molar-refractivity contribution in [1.29, 1.82) is 0 Å². The average Bonchev–Trinajstić information content (AvgIpc) is 3.26. The van der Waals surface area contributed by atoms with Gasteiger partial charge in [0, 0.05) is 17.9 Å². The summed E-state index contributed by atoms with van der Waals surface area (Å²) < 4.78 is 7.74. The molecule has 31 heavy (non-hydrogen) atoms. The average molecular weight is 423 g/mol. The first kappa shape index (κ1) is 20.5. The lowest BCUT2D eigenvalue weighted by molar-refractivity contribution is 0.0310. The van der Waals surface area contributed by atoms with Crippen molar-refractivity contribution < 1.29 is 9.53 Å². The summed E-state index contributed by atoms with van der Waals surface area (Å²) in [6.07, 6.45) is 10.7. The molecular weight excluding hydrogens is 388 g/mol. The molecule has 1 amide bonds. The van der Waals surface area contributed by atoms with E-state index in [4.69, 9.17) is 14.8 Å². The van der Waals surface area contributed by atoms with Gasteiger partial charge in [-0.2, -0.15) is 10.1 Å². The number of nitrogens with zero attached hydrogens (tertiary/aromatic N) is 4. The fourth-order valence-corrected chi connectivity index (χ4v) is 6.31. The Morgan fingerprint density at radius 1 is 1.10 bits per heavy atom. The van der Waals surface area contributed by atoms with E-state index in [1.54, 1.807) is 7.11 Å². The number of hydrogen-bond acceptors (Lipinski definition) is 4. The minimum Gasteiger partial charge on any atom is -0.496 e. The van der Waals surface area contributed by atoms with Crippen LogP contribution in [0.2, 0.25) is 0 Å². The van der Waals surface area contributed by atoms with Gasteiger partial charge in [-0.25, -0.2) is 4.68 Å². The van der Waals surface area contributed by atoms with E-state index in [-0.39, 0.29) is 23.4 Å². The van der Waals surface area contributed by atoms with Crippen molar-refractivity contribution in [1.82, 2.24) is 14.8 Å². The second kappa shape index (κ2) is 7.95. The largest absolute Gasteiger partial charge is 0.496 e. The van der Waals surface area contributed by atoms with E-state index in [9.17, 15) is 4.79 Å². The number of amides is 1. The molecule has 3 aliphatic rings. The quantitative estimate of drug-likeness (QED) is 0.674. The molecule has 2 atom stereocenters. The smallest absolute Gasteiger partial charge is 0.264 e. The number of anilines is 1. The zero-order valence-corrected chi connectivity index (χ0v) is 19.0. The number of ether oxygens (including phenoxy) is 1. The van der Waals surface area contributed by atoms with Gasteiger partial charge in [0.1, 0.15) is 5.75 Å². The summed E-state index contributed by atoms with van der Waals surface area (Å²) in [7, 11) is 1.63.